The number of alkyl halides is 1. The van der Waals surface area contributed by atoms with Crippen LogP contribution in [-0.2, 0) is 0 Å². The van der Waals surface area contributed by atoms with Gasteiger partial charge in [-0.15, -0.1) is 0 Å². The van der Waals surface area contributed by atoms with Crippen molar-refractivity contribution >= 4 is 21.8 Å². The molecule has 0 aromatic carbocycles. The molecule has 1 N–H and O–H groups in total. The molecular formula is C9H13BrN2O2. The van der Waals surface area contributed by atoms with Gasteiger partial charge in [0.25, 0.3) is 5.91 Å². The van der Waals surface area contributed by atoms with Crippen LogP contribution >= 0.6 is 15.9 Å². The molecule has 1 aromatic heterocycles. The molecule has 1 unspecified atom stereocenters. The molecule has 1 rings (SSSR count). The minimum atomic E-state index is -0.240. The molecular weight excluding hydrogens is 248 g/mol. The zero-order chi connectivity index (χ0) is 10.6. The smallest absolute Gasteiger partial charge is 0.273 e. The summed E-state index contributed by atoms with van der Waals surface area (Å²) in [4.78, 5) is 11.6. The minimum Gasteiger partial charge on any atom is -0.364 e. The summed E-state index contributed by atoms with van der Waals surface area (Å²) in [5.41, 5.74) is 0.0707. The molecule has 78 valence electrons. The standard InChI is InChI=1S/C9H13BrN2O2/c1-3-9(2,6-10)11-8(13)7-4-5-14-12-7/h4-5H,3,6H2,1-2H3,(H,11,13). The summed E-state index contributed by atoms with van der Waals surface area (Å²) in [6, 6.07) is 1.54. The normalized spacial score (nSPS) is 14.8. The van der Waals surface area contributed by atoms with Crippen molar-refractivity contribution in [3.8, 4) is 0 Å². The first-order valence-corrected chi connectivity index (χ1v) is 5.52. The van der Waals surface area contributed by atoms with Gasteiger partial charge < -0.3 is 9.84 Å². The van der Waals surface area contributed by atoms with Gasteiger partial charge >= 0.3 is 0 Å². The first-order valence-electron chi connectivity index (χ1n) is 4.40. The van der Waals surface area contributed by atoms with Gasteiger partial charge in [-0.05, 0) is 13.3 Å². The quantitative estimate of drug-likeness (QED) is 0.843. The summed E-state index contributed by atoms with van der Waals surface area (Å²) in [7, 11) is 0. The Morgan fingerprint density at radius 1 is 1.79 bits per heavy atom. The maximum Gasteiger partial charge on any atom is 0.273 e. The average molecular weight is 261 g/mol. The number of aromatic nitrogens is 1. The van der Waals surface area contributed by atoms with Gasteiger partial charge in [0.1, 0.15) is 6.26 Å². The Hall–Kier alpha value is -0.840. The summed E-state index contributed by atoms with van der Waals surface area (Å²) in [5.74, 6) is -0.206. The van der Waals surface area contributed by atoms with Gasteiger partial charge in [0.05, 0.1) is 0 Å². The Balaban J connectivity index is 2.65. The van der Waals surface area contributed by atoms with Crippen LogP contribution in [0.4, 0.5) is 0 Å². The second kappa shape index (κ2) is 4.59. The van der Waals surface area contributed by atoms with E-state index in [9.17, 15) is 4.79 Å². The van der Waals surface area contributed by atoms with Crippen LogP contribution in [0.2, 0.25) is 0 Å². The zero-order valence-corrected chi connectivity index (χ0v) is 9.80. The number of nitrogens with one attached hydrogen (secondary N) is 1. The second-order valence-corrected chi connectivity index (χ2v) is 3.95. The largest absolute Gasteiger partial charge is 0.364 e. The fourth-order valence-electron chi connectivity index (χ4n) is 0.884. The summed E-state index contributed by atoms with van der Waals surface area (Å²) in [6.07, 6.45) is 2.23. The van der Waals surface area contributed by atoms with Crippen LogP contribution in [0.5, 0.6) is 0 Å². The van der Waals surface area contributed by atoms with E-state index >= 15 is 0 Å². The number of rotatable bonds is 4. The van der Waals surface area contributed by atoms with E-state index in [0.717, 1.165) is 6.42 Å². The minimum absolute atomic E-state index is 0.206. The van der Waals surface area contributed by atoms with Crippen LogP contribution in [0, 0.1) is 0 Å². The highest BCUT2D eigenvalue weighted by Crippen LogP contribution is 2.13. The number of hydrogen-bond donors (Lipinski definition) is 1. The number of halogens is 1. The van der Waals surface area contributed by atoms with Crippen LogP contribution in [0.1, 0.15) is 30.8 Å². The van der Waals surface area contributed by atoms with Gasteiger partial charge in [-0.3, -0.25) is 4.79 Å². The van der Waals surface area contributed by atoms with E-state index < -0.39 is 0 Å². The predicted molar refractivity (Wildman–Crippen MR) is 56.5 cm³/mol. The number of amides is 1. The number of nitrogens with zero attached hydrogens (tertiary/aromatic N) is 1. The molecule has 1 amide bonds. The maximum absolute atomic E-state index is 11.6. The predicted octanol–water partition coefficient (Wildman–Crippen LogP) is 1.97. The lowest BCUT2D eigenvalue weighted by Gasteiger charge is -2.26. The molecule has 0 bridgehead atoms. The van der Waals surface area contributed by atoms with Crippen molar-refractivity contribution in [2.45, 2.75) is 25.8 Å². The molecule has 0 aliphatic carbocycles. The molecule has 1 heterocycles. The van der Waals surface area contributed by atoms with E-state index in [2.05, 4.69) is 30.9 Å². The van der Waals surface area contributed by atoms with Crippen LogP contribution in [0.25, 0.3) is 0 Å². The third-order valence-corrected chi connectivity index (χ3v) is 3.40. The summed E-state index contributed by atoms with van der Waals surface area (Å²) in [6.45, 7) is 3.99. The highest BCUT2D eigenvalue weighted by atomic mass is 79.9. The SMILES string of the molecule is CCC(C)(CBr)NC(=O)c1ccon1. The molecule has 0 fully saturated rings. The third kappa shape index (κ3) is 2.57. The zero-order valence-electron chi connectivity index (χ0n) is 8.21. The first kappa shape index (κ1) is 11.2. The van der Waals surface area contributed by atoms with Gasteiger partial charge in [-0.2, -0.15) is 0 Å². The fourth-order valence-corrected chi connectivity index (χ4v) is 1.42. The van der Waals surface area contributed by atoms with E-state index in [4.69, 9.17) is 0 Å². The molecule has 1 atom stereocenters. The molecule has 0 saturated heterocycles. The lowest BCUT2D eigenvalue weighted by molar-refractivity contribution is 0.0904. The van der Waals surface area contributed by atoms with Crippen molar-refractivity contribution in [2.75, 3.05) is 5.33 Å². The maximum atomic E-state index is 11.6. The van der Waals surface area contributed by atoms with Gasteiger partial charge in [-0.25, -0.2) is 0 Å². The average Bonchev–Trinajstić information content (AvgIpc) is 2.70. The van der Waals surface area contributed by atoms with Crippen molar-refractivity contribution in [3.63, 3.8) is 0 Å². The molecule has 5 heteroatoms. The molecule has 0 aliphatic heterocycles. The highest BCUT2D eigenvalue weighted by Gasteiger charge is 2.24. The topological polar surface area (TPSA) is 55.1 Å². The van der Waals surface area contributed by atoms with Gasteiger partial charge in [0.2, 0.25) is 0 Å². The Bertz CT molecular complexity index is 294. The molecule has 0 spiro atoms. The number of carbonyl (C=O) groups is 1. The third-order valence-electron chi connectivity index (χ3n) is 2.16. The highest BCUT2D eigenvalue weighted by molar-refractivity contribution is 9.09. The van der Waals surface area contributed by atoms with Crippen LogP contribution < -0.4 is 5.32 Å². The van der Waals surface area contributed by atoms with Crippen molar-refractivity contribution < 1.29 is 9.32 Å². The van der Waals surface area contributed by atoms with Gasteiger partial charge in [0, 0.05) is 16.9 Å². The van der Waals surface area contributed by atoms with E-state index in [1.165, 1.54) is 6.26 Å². The van der Waals surface area contributed by atoms with Crippen LogP contribution in [0.3, 0.4) is 0 Å². The Morgan fingerprint density at radius 3 is 2.93 bits per heavy atom. The first-order chi connectivity index (χ1) is 6.61. The molecule has 0 radical (unpaired) electrons. The molecule has 0 aliphatic rings. The fraction of sp³-hybridized carbons (Fsp3) is 0.556. The Kier molecular flexibility index (Phi) is 3.69. The van der Waals surface area contributed by atoms with E-state index in [1.54, 1.807) is 6.07 Å². The number of carbonyl (C=O) groups excluding carboxylic acids is 1. The van der Waals surface area contributed by atoms with Crippen LogP contribution in [-0.4, -0.2) is 21.9 Å². The lowest BCUT2D eigenvalue weighted by atomic mass is 10.0. The van der Waals surface area contributed by atoms with Gasteiger partial charge in [-0.1, -0.05) is 28.0 Å². The summed E-state index contributed by atoms with van der Waals surface area (Å²) >= 11 is 3.37. The van der Waals surface area contributed by atoms with Crippen LogP contribution in [0.15, 0.2) is 16.9 Å². The van der Waals surface area contributed by atoms with E-state index in [-0.39, 0.29) is 11.4 Å². The molecule has 0 saturated carbocycles. The Labute approximate surface area is 91.2 Å². The number of hydrogen-bond acceptors (Lipinski definition) is 3. The second-order valence-electron chi connectivity index (χ2n) is 3.39. The molecule has 1 aromatic rings. The summed E-state index contributed by atoms with van der Waals surface area (Å²) < 4.78 is 4.59. The molecule has 14 heavy (non-hydrogen) atoms. The molecule has 4 nitrogen and oxygen atoms in total. The lowest BCUT2D eigenvalue weighted by Crippen LogP contribution is -2.47. The van der Waals surface area contributed by atoms with Crippen molar-refractivity contribution in [3.05, 3.63) is 18.0 Å². The monoisotopic (exact) mass is 260 g/mol. The van der Waals surface area contributed by atoms with E-state index in [1.807, 2.05) is 13.8 Å². The summed E-state index contributed by atoms with van der Waals surface area (Å²) in [5, 5.41) is 7.16. The van der Waals surface area contributed by atoms with Gasteiger partial charge in [0.15, 0.2) is 5.69 Å². The van der Waals surface area contributed by atoms with Crippen molar-refractivity contribution in [1.82, 2.24) is 10.5 Å². The Morgan fingerprint density at radius 2 is 2.50 bits per heavy atom. The van der Waals surface area contributed by atoms with Crippen molar-refractivity contribution in [1.29, 1.82) is 0 Å². The van der Waals surface area contributed by atoms with E-state index in [0.29, 0.717) is 11.0 Å². The van der Waals surface area contributed by atoms with Crippen molar-refractivity contribution in [2.24, 2.45) is 0 Å².